The third-order valence-corrected chi connectivity index (χ3v) is 7.95. The largest absolute Gasteiger partial charge is 0.378 e. The Morgan fingerprint density at radius 3 is 1.93 bits per heavy atom. The first-order chi connectivity index (χ1) is 13.7. The van der Waals surface area contributed by atoms with E-state index in [1.807, 2.05) is 27.7 Å². The number of nitrogens with one attached hydrogen (secondary N) is 1. The Morgan fingerprint density at radius 2 is 1.38 bits per heavy atom. The van der Waals surface area contributed by atoms with Gasteiger partial charge in [-0.25, -0.2) is 13.1 Å². The van der Waals surface area contributed by atoms with E-state index in [0.717, 1.165) is 54.1 Å². The lowest BCUT2D eigenvalue weighted by Crippen LogP contribution is -2.36. The quantitative estimate of drug-likeness (QED) is 0.782. The molecule has 29 heavy (non-hydrogen) atoms. The van der Waals surface area contributed by atoms with Gasteiger partial charge >= 0.3 is 0 Å². The molecule has 0 unspecified atom stereocenters. The van der Waals surface area contributed by atoms with Gasteiger partial charge in [-0.15, -0.1) is 0 Å². The van der Waals surface area contributed by atoms with E-state index < -0.39 is 10.0 Å². The number of benzene rings is 2. The van der Waals surface area contributed by atoms with Crippen LogP contribution in [-0.4, -0.2) is 41.3 Å². The van der Waals surface area contributed by atoms with Gasteiger partial charge in [0, 0.05) is 25.3 Å². The maximum absolute atomic E-state index is 13.0. The first kappa shape index (κ1) is 21.8. The molecule has 0 bridgehead atoms. The average molecular weight is 417 g/mol. The second-order valence-electron chi connectivity index (χ2n) is 7.87. The summed E-state index contributed by atoms with van der Waals surface area (Å²) in [5.74, 6) is 0. The summed E-state index contributed by atoms with van der Waals surface area (Å²) in [6.07, 6.45) is 0.657. The highest BCUT2D eigenvalue weighted by molar-refractivity contribution is 7.89. The summed E-state index contributed by atoms with van der Waals surface area (Å²) < 4.78 is 34.2. The zero-order valence-corrected chi connectivity index (χ0v) is 18.9. The maximum Gasteiger partial charge on any atom is 0.241 e. The summed E-state index contributed by atoms with van der Waals surface area (Å²) in [7, 11) is -3.55. The molecule has 0 amide bonds. The molecule has 0 atom stereocenters. The van der Waals surface area contributed by atoms with Gasteiger partial charge in [-0.05, 0) is 86.6 Å². The molecule has 0 saturated carbocycles. The molecule has 1 heterocycles. The summed E-state index contributed by atoms with van der Waals surface area (Å²) in [4.78, 5) is 2.74. The van der Waals surface area contributed by atoms with Gasteiger partial charge in [0.05, 0.1) is 18.1 Å². The number of anilines is 1. The maximum atomic E-state index is 13.0. The van der Waals surface area contributed by atoms with Crippen molar-refractivity contribution in [2.24, 2.45) is 0 Å². The Hall–Kier alpha value is -1.89. The van der Waals surface area contributed by atoms with Crippen molar-refractivity contribution in [3.8, 4) is 0 Å². The van der Waals surface area contributed by atoms with Gasteiger partial charge in [0.15, 0.2) is 0 Å². The predicted octanol–water partition coefficient (Wildman–Crippen LogP) is 3.59. The van der Waals surface area contributed by atoms with Crippen molar-refractivity contribution in [1.29, 1.82) is 0 Å². The minimum Gasteiger partial charge on any atom is -0.378 e. The van der Waals surface area contributed by atoms with Crippen LogP contribution in [0.15, 0.2) is 29.2 Å². The molecule has 2 aromatic rings. The Labute approximate surface area is 175 Å². The van der Waals surface area contributed by atoms with E-state index in [1.165, 1.54) is 11.3 Å². The fourth-order valence-electron chi connectivity index (χ4n) is 3.97. The number of ether oxygens (including phenoxy) is 1. The van der Waals surface area contributed by atoms with Crippen molar-refractivity contribution in [2.75, 3.05) is 37.7 Å². The topological polar surface area (TPSA) is 58.6 Å². The number of nitrogens with zero attached hydrogens (tertiary/aromatic N) is 1. The fraction of sp³-hybridized carbons (Fsp3) is 0.478. The molecule has 0 aromatic heterocycles. The molecule has 1 N–H and O–H groups in total. The van der Waals surface area contributed by atoms with E-state index in [0.29, 0.717) is 17.9 Å². The lowest BCUT2D eigenvalue weighted by atomic mass is 9.95. The van der Waals surface area contributed by atoms with Crippen LogP contribution < -0.4 is 9.62 Å². The lowest BCUT2D eigenvalue weighted by Gasteiger charge is -2.28. The van der Waals surface area contributed by atoms with Crippen LogP contribution in [-0.2, 0) is 21.2 Å². The Kier molecular flexibility index (Phi) is 6.66. The van der Waals surface area contributed by atoms with Crippen LogP contribution in [0, 0.1) is 34.6 Å². The van der Waals surface area contributed by atoms with Crippen molar-refractivity contribution in [2.45, 2.75) is 45.9 Å². The summed E-state index contributed by atoms with van der Waals surface area (Å²) >= 11 is 0. The molecule has 1 saturated heterocycles. The van der Waals surface area contributed by atoms with Crippen LogP contribution in [0.1, 0.15) is 33.4 Å². The molecule has 6 heteroatoms. The Balaban J connectivity index is 1.67. The molecule has 158 valence electrons. The number of morpholine rings is 1. The third-order valence-electron chi connectivity index (χ3n) is 6.22. The molecule has 1 fully saturated rings. The number of rotatable bonds is 6. The van der Waals surface area contributed by atoms with Gasteiger partial charge in [-0.3, -0.25) is 0 Å². The van der Waals surface area contributed by atoms with E-state index in [2.05, 4.69) is 40.8 Å². The van der Waals surface area contributed by atoms with Gasteiger partial charge in [0.25, 0.3) is 0 Å². The molecule has 1 aliphatic rings. The molecule has 1 aliphatic heterocycles. The van der Waals surface area contributed by atoms with Crippen LogP contribution >= 0.6 is 0 Å². The highest BCUT2D eigenvalue weighted by Gasteiger charge is 2.23. The third kappa shape index (κ3) is 4.65. The van der Waals surface area contributed by atoms with Gasteiger partial charge in [0.2, 0.25) is 10.0 Å². The SMILES string of the molecule is Cc1c(C)c(C)c(S(=O)(=O)NCCc2ccc(N3CCOCC3)cc2)c(C)c1C. The normalized spacial score (nSPS) is 15.0. The summed E-state index contributed by atoms with van der Waals surface area (Å²) in [6.45, 7) is 13.6. The zero-order valence-electron chi connectivity index (χ0n) is 18.1. The van der Waals surface area contributed by atoms with Crippen molar-refractivity contribution in [3.63, 3.8) is 0 Å². The van der Waals surface area contributed by atoms with Crippen molar-refractivity contribution < 1.29 is 13.2 Å². The minimum absolute atomic E-state index is 0.379. The lowest BCUT2D eigenvalue weighted by molar-refractivity contribution is 0.122. The Morgan fingerprint density at radius 1 is 0.862 bits per heavy atom. The van der Waals surface area contributed by atoms with Crippen LogP contribution in [0.2, 0.25) is 0 Å². The molecule has 3 rings (SSSR count). The molecule has 5 nitrogen and oxygen atoms in total. The molecular formula is C23H32N2O3S. The van der Waals surface area contributed by atoms with Gasteiger partial charge < -0.3 is 9.64 Å². The van der Waals surface area contributed by atoms with E-state index >= 15 is 0 Å². The minimum atomic E-state index is -3.55. The summed E-state index contributed by atoms with van der Waals surface area (Å²) in [5.41, 5.74) is 7.25. The van der Waals surface area contributed by atoms with Crippen LogP contribution in [0.4, 0.5) is 5.69 Å². The van der Waals surface area contributed by atoms with E-state index in [1.54, 1.807) is 0 Å². The van der Waals surface area contributed by atoms with Crippen molar-refractivity contribution >= 4 is 15.7 Å². The second kappa shape index (κ2) is 8.86. The van der Waals surface area contributed by atoms with Gasteiger partial charge in [-0.2, -0.15) is 0 Å². The van der Waals surface area contributed by atoms with Gasteiger partial charge in [-0.1, -0.05) is 12.1 Å². The predicted molar refractivity (Wildman–Crippen MR) is 118 cm³/mol. The molecular weight excluding hydrogens is 384 g/mol. The van der Waals surface area contributed by atoms with Crippen LogP contribution in [0.3, 0.4) is 0 Å². The Bertz CT molecular complexity index is 947. The second-order valence-corrected chi connectivity index (χ2v) is 9.57. The molecule has 0 radical (unpaired) electrons. The summed E-state index contributed by atoms with van der Waals surface area (Å²) in [6, 6.07) is 8.37. The van der Waals surface area contributed by atoms with Crippen LogP contribution in [0.5, 0.6) is 0 Å². The van der Waals surface area contributed by atoms with E-state index in [-0.39, 0.29) is 0 Å². The number of hydrogen-bond acceptors (Lipinski definition) is 4. The van der Waals surface area contributed by atoms with E-state index in [9.17, 15) is 8.42 Å². The van der Waals surface area contributed by atoms with Crippen molar-refractivity contribution in [3.05, 3.63) is 57.6 Å². The highest BCUT2D eigenvalue weighted by atomic mass is 32.2. The number of hydrogen-bond donors (Lipinski definition) is 1. The standard InChI is InChI=1S/C23H32N2O3S/c1-16-17(2)19(4)23(20(5)18(16)3)29(26,27)24-11-10-21-6-8-22(9-7-21)25-12-14-28-15-13-25/h6-9,24H,10-15H2,1-5H3. The van der Waals surface area contributed by atoms with E-state index in [4.69, 9.17) is 4.74 Å². The molecule has 0 spiro atoms. The van der Waals surface area contributed by atoms with Crippen LogP contribution in [0.25, 0.3) is 0 Å². The number of sulfonamides is 1. The average Bonchev–Trinajstić information content (AvgIpc) is 2.72. The highest BCUT2D eigenvalue weighted by Crippen LogP contribution is 2.29. The van der Waals surface area contributed by atoms with Crippen molar-refractivity contribution in [1.82, 2.24) is 4.72 Å². The zero-order chi connectivity index (χ0) is 21.2. The summed E-state index contributed by atoms with van der Waals surface area (Å²) in [5, 5.41) is 0. The smallest absolute Gasteiger partial charge is 0.241 e. The first-order valence-electron chi connectivity index (χ1n) is 10.2. The van der Waals surface area contributed by atoms with Gasteiger partial charge in [0.1, 0.15) is 0 Å². The first-order valence-corrected chi connectivity index (χ1v) is 11.7. The molecule has 2 aromatic carbocycles. The molecule has 0 aliphatic carbocycles. The fourth-order valence-corrected chi connectivity index (χ4v) is 5.59. The monoisotopic (exact) mass is 416 g/mol.